The molecule has 0 amide bonds. The van der Waals surface area contributed by atoms with Crippen LogP contribution in [-0.4, -0.2) is 18.8 Å². The molecule has 0 spiro atoms. The minimum atomic E-state index is -0.772. The Bertz CT molecular complexity index is 618. The lowest BCUT2D eigenvalue weighted by atomic mass is 9.92. The fraction of sp³-hybridized carbons (Fsp3) is 0.250. The summed E-state index contributed by atoms with van der Waals surface area (Å²) in [6, 6.07) is 11.7. The number of hydrogen-bond donors (Lipinski definition) is 2. The molecule has 2 rings (SSSR count). The van der Waals surface area contributed by atoms with Gasteiger partial charge in [0.05, 0.1) is 24.3 Å². The minimum Gasteiger partial charge on any atom is -0.497 e. The van der Waals surface area contributed by atoms with Gasteiger partial charge >= 0.3 is 0 Å². The summed E-state index contributed by atoms with van der Waals surface area (Å²) in [4.78, 5) is 0. The first kappa shape index (κ1) is 15.6. The highest BCUT2D eigenvalue weighted by Gasteiger charge is 2.26. The van der Waals surface area contributed by atoms with Crippen molar-refractivity contribution in [2.75, 3.05) is 19.0 Å². The van der Waals surface area contributed by atoms with E-state index in [1.165, 1.54) is 12.1 Å². The normalized spacial score (nSPS) is 13.6. The zero-order chi connectivity index (χ0) is 15.5. The van der Waals surface area contributed by atoms with Gasteiger partial charge in [0, 0.05) is 5.69 Å². The monoisotopic (exact) mass is 309 g/mol. The van der Waals surface area contributed by atoms with E-state index in [9.17, 15) is 9.50 Å². The summed E-state index contributed by atoms with van der Waals surface area (Å²) < 4.78 is 18.4. The van der Waals surface area contributed by atoms with Gasteiger partial charge in [-0.1, -0.05) is 17.7 Å². The van der Waals surface area contributed by atoms with Gasteiger partial charge in [0.1, 0.15) is 11.6 Å². The first-order valence-electron chi connectivity index (χ1n) is 6.47. The van der Waals surface area contributed by atoms with Crippen LogP contribution in [0.3, 0.4) is 0 Å². The molecule has 21 heavy (non-hydrogen) atoms. The Labute approximate surface area is 128 Å². The van der Waals surface area contributed by atoms with E-state index in [2.05, 4.69) is 5.32 Å². The quantitative estimate of drug-likeness (QED) is 0.882. The highest BCUT2D eigenvalue weighted by Crippen LogP contribution is 2.29. The van der Waals surface area contributed by atoms with Crippen LogP contribution in [0.15, 0.2) is 42.5 Å². The average molecular weight is 310 g/mol. The maximum absolute atomic E-state index is 13.3. The van der Waals surface area contributed by atoms with Crippen LogP contribution in [0.25, 0.3) is 0 Å². The molecule has 2 N–H and O–H groups in total. The highest BCUT2D eigenvalue weighted by molar-refractivity contribution is 6.30. The maximum atomic E-state index is 13.3. The molecule has 3 nitrogen and oxygen atoms in total. The molecule has 0 fully saturated rings. The molecule has 112 valence electrons. The maximum Gasteiger partial charge on any atom is 0.141 e. The van der Waals surface area contributed by atoms with E-state index in [1.54, 1.807) is 13.2 Å². The van der Waals surface area contributed by atoms with E-state index in [0.29, 0.717) is 5.56 Å². The molecule has 1 unspecified atom stereocenters. The predicted molar refractivity (Wildman–Crippen MR) is 82.5 cm³/mol. The molecule has 0 aliphatic heterocycles. The van der Waals surface area contributed by atoms with Crippen LogP contribution in [-0.2, 0) is 5.54 Å². The second-order valence-corrected chi connectivity index (χ2v) is 5.38. The molecule has 0 heterocycles. The molecule has 0 aromatic heterocycles. The number of methoxy groups -OCH3 is 1. The summed E-state index contributed by atoms with van der Waals surface area (Å²) in [5.41, 5.74) is 0.742. The number of aliphatic hydroxyl groups excluding tert-OH is 1. The van der Waals surface area contributed by atoms with Crippen molar-refractivity contribution in [1.82, 2.24) is 0 Å². The summed E-state index contributed by atoms with van der Waals surface area (Å²) >= 11 is 5.82. The fourth-order valence-corrected chi connectivity index (χ4v) is 2.22. The van der Waals surface area contributed by atoms with Crippen molar-refractivity contribution in [2.24, 2.45) is 0 Å². The van der Waals surface area contributed by atoms with Crippen LogP contribution >= 0.6 is 11.6 Å². The number of ether oxygens (including phenoxy) is 1. The Morgan fingerprint density at radius 2 is 1.90 bits per heavy atom. The summed E-state index contributed by atoms with van der Waals surface area (Å²) in [5, 5.41) is 13.0. The molecule has 0 aliphatic carbocycles. The molecular weight excluding hydrogens is 293 g/mol. The number of anilines is 1. The molecule has 1 atom stereocenters. The SMILES string of the molecule is COc1ccc(NC(C)(CO)c2ccc(F)c(Cl)c2)cc1. The van der Waals surface area contributed by atoms with E-state index >= 15 is 0 Å². The van der Waals surface area contributed by atoms with Crippen molar-refractivity contribution in [3.05, 3.63) is 58.9 Å². The Kier molecular flexibility index (Phi) is 4.70. The van der Waals surface area contributed by atoms with Gasteiger partial charge in [0.25, 0.3) is 0 Å². The second kappa shape index (κ2) is 6.33. The van der Waals surface area contributed by atoms with Gasteiger partial charge in [0.2, 0.25) is 0 Å². The highest BCUT2D eigenvalue weighted by atomic mass is 35.5. The third-order valence-corrected chi connectivity index (χ3v) is 3.67. The predicted octanol–water partition coefficient (Wildman–Crippen LogP) is 3.81. The van der Waals surface area contributed by atoms with Crippen molar-refractivity contribution < 1.29 is 14.2 Å². The van der Waals surface area contributed by atoms with E-state index in [4.69, 9.17) is 16.3 Å². The van der Waals surface area contributed by atoms with E-state index in [-0.39, 0.29) is 11.6 Å². The van der Waals surface area contributed by atoms with E-state index in [1.807, 2.05) is 31.2 Å². The van der Waals surface area contributed by atoms with Crippen LogP contribution in [0.2, 0.25) is 5.02 Å². The summed E-state index contributed by atoms with van der Waals surface area (Å²) in [5.74, 6) is 0.265. The average Bonchev–Trinajstić information content (AvgIpc) is 2.50. The molecule has 2 aromatic rings. The summed E-state index contributed by atoms with van der Waals surface area (Å²) in [6.45, 7) is 1.65. The van der Waals surface area contributed by atoms with Gasteiger partial charge in [-0.3, -0.25) is 0 Å². The van der Waals surface area contributed by atoms with Crippen molar-refractivity contribution in [3.8, 4) is 5.75 Å². The van der Waals surface area contributed by atoms with Crippen molar-refractivity contribution in [1.29, 1.82) is 0 Å². The van der Waals surface area contributed by atoms with E-state index in [0.717, 1.165) is 11.4 Å². The Morgan fingerprint density at radius 1 is 1.24 bits per heavy atom. The summed E-state index contributed by atoms with van der Waals surface area (Å²) in [6.07, 6.45) is 0. The standard InChI is InChI=1S/C16H17ClFNO2/c1-16(10-20,11-3-8-15(18)14(17)9-11)19-12-4-6-13(21-2)7-5-12/h3-9,19-20H,10H2,1-2H3. The van der Waals surface area contributed by atoms with Crippen LogP contribution in [0.4, 0.5) is 10.1 Å². The van der Waals surface area contributed by atoms with Gasteiger partial charge in [-0.2, -0.15) is 0 Å². The zero-order valence-corrected chi connectivity index (χ0v) is 12.6. The minimum absolute atomic E-state index is 0.0312. The molecule has 0 bridgehead atoms. The number of benzene rings is 2. The lowest BCUT2D eigenvalue weighted by Gasteiger charge is -2.31. The number of aliphatic hydroxyl groups is 1. The van der Waals surface area contributed by atoms with Crippen LogP contribution in [0.1, 0.15) is 12.5 Å². The third-order valence-electron chi connectivity index (χ3n) is 3.38. The second-order valence-electron chi connectivity index (χ2n) is 4.97. The van der Waals surface area contributed by atoms with Crippen molar-refractivity contribution in [3.63, 3.8) is 0 Å². The van der Waals surface area contributed by atoms with E-state index < -0.39 is 11.4 Å². The largest absolute Gasteiger partial charge is 0.497 e. The number of nitrogens with one attached hydrogen (secondary N) is 1. The molecule has 0 aliphatic rings. The molecule has 0 saturated carbocycles. The van der Waals surface area contributed by atoms with Crippen LogP contribution in [0, 0.1) is 5.82 Å². The molecule has 2 aromatic carbocycles. The topological polar surface area (TPSA) is 41.5 Å². The molecule has 0 saturated heterocycles. The smallest absolute Gasteiger partial charge is 0.141 e. The fourth-order valence-electron chi connectivity index (χ4n) is 2.04. The van der Waals surface area contributed by atoms with Gasteiger partial charge in [-0.25, -0.2) is 4.39 Å². The van der Waals surface area contributed by atoms with Gasteiger partial charge < -0.3 is 15.2 Å². The number of halogens is 2. The van der Waals surface area contributed by atoms with Crippen LogP contribution in [0.5, 0.6) is 5.75 Å². The first-order chi connectivity index (χ1) is 9.98. The molecule has 0 radical (unpaired) electrons. The van der Waals surface area contributed by atoms with Gasteiger partial charge in [0.15, 0.2) is 0 Å². The Hall–Kier alpha value is -1.78. The van der Waals surface area contributed by atoms with Crippen molar-refractivity contribution in [2.45, 2.75) is 12.5 Å². The Balaban J connectivity index is 2.29. The Morgan fingerprint density at radius 3 is 2.43 bits per heavy atom. The first-order valence-corrected chi connectivity index (χ1v) is 6.85. The van der Waals surface area contributed by atoms with Crippen LogP contribution < -0.4 is 10.1 Å². The number of hydrogen-bond acceptors (Lipinski definition) is 3. The van der Waals surface area contributed by atoms with Crippen molar-refractivity contribution >= 4 is 17.3 Å². The lowest BCUT2D eigenvalue weighted by molar-refractivity contribution is 0.224. The summed E-state index contributed by atoms with van der Waals surface area (Å²) in [7, 11) is 1.60. The third kappa shape index (κ3) is 3.46. The van der Waals surface area contributed by atoms with Gasteiger partial charge in [-0.15, -0.1) is 0 Å². The molecular formula is C16H17ClFNO2. The lowest BCUT2D eigenvalue weighted by Crippen LogP contribution is -2.35. The van der Waals surface area contributed by atoms with Gasteiger partial charge in [-0.05, 0) is 48.9 Å². The number of rotatable bonds is 5. The zero-order valence-electron chi connectivity index (χ0n) is 11.9. The molecule has 5 heteroatoms.